The molecule has 0 aromatic carbocycles. The second-order valence-electron chi connectivity index (χ2n) is 7.43. The predicted molar refractivity (Wildman–Crippen MR) is 109 cm³/mol. The number of nitrogens with zero attached hydrogens (tertiary/aromatic N) is 4. The number of carbonyl (C=O) groups excluding carboxylic acids is 2. The first-order chi connectivity index (χ1) is 14.5. The quantitative estimate of drug-likeness (QED) is 0.674. The fourth-order valence-electron chi connectivity index (χ4n) is 4.01. The van der Waals surface area contributed by atoms with Crippen LogP contribution in [0.2, 0.25) is 5.15 Å². The highest BCUT2D eigenvalue weighted by Crippen LogP contribution is 2.38. The second-order valence-corrected chi connectivity index (χ2v) is 7.78. The van der Waals surface area contributed by atoms with Crippen molar-refractivity contribution < 1.29 is 19.1 Å². The molecule has 2 fully saturated rings. The van der Waals surface area contributed by atoms with Crippen molar-refractivity contribution in [3.63, 3.8) is 0 Å². The monoisotopic (exact) mass is 430 g/mol. The summed E-state index contributed by atoms with van der Waals surface area (Å²) in [6.07, 6.45) is 4.89. The van der Waals surface area contributed by atoms with Gasteiger partial charge in [0.2, 0.25) is 11.8 Å². The summed E-state index contributed by atoms with van der Waals surface area (Å²) < 4.78 is 11.5. The average Bonchev–Trinajstić information content (AvgIpc) is 3.08. The van der Waals surface area contributed by atoms with Crippen molar-refractivity contribution in [3.8, 4) is 5.75 Å². The van der Waals surface area contributed by atoms with E-state index in [4.69, 9.17) is 21.1 Å². The number of likely N-dealkylation sites (tertiary alicyclic amines) is 1. The molecule has 0 spiro atoms. The molecule has 8 nitrogen and oxygen atoms in total. The third-order valence-corrected chi connectivity index (χ3v) is 5.81. The van der Waals surface area contributed by atoms with Gasteiger partial charge in [0.05, 0.1) is 25.1 Å². The molecule has 1 unspecified atom stereocenters. The molecule has 3 atom stereocenters. The van der Waals surface area contributed by atoms with Gasteiger partial charge < -0.3 is 19.3 Å². The van der Waals surface area contributed by atoms with E-state index in [0.29, 0.717) is 25.4 Å². The Morgan fingerprint density at radius 3 is 2.93 bits per heavy atom. The van der Waals surface area contributed by atoms with E-state index in [1.54, 1.807) is 47.6 Å². The Morgan fingerprint density at radius 2 is 2.17 bits per heavy atom. The van der Waals surface area contributed by atoms with Crippen LogP contribution in [0.3, 0.4) is 0 Å². The van der Waals surface area contributed by atoms with E-state index in [1.807, 2.05) is 12.1 Å². The van der Waals surface area contributed by atoms with Gasteiger partial charge in [-0.2, -0.15) is 0 Å². The molecule has 30 heavy (non-hydrogen) atoms. The van der Waals surface area contributed by atoms with Gasteiger partial charge in [0, 0.05) is 38.6 Å². The van der Waals surface area contributed by atoms with E-state index in [1.165, 1.54) is 0 Å². The molecule has 2 aromatic heterocycles. The third kappa shape index (κ3) is 4.24. The topological polar surface area (TPSA) is 84.9 Å². The van der Waals surface area contributed by atoms with Gasteiger partial charge in [0.1, 0.15) is 12.7 Å². The van der Waals surface area contributed by atoms with Crippen molar-refractivity contribution in [1.29, 1.82) is 0 Å². The third-order valence-electron chi connectivity index (χ3n) is 5.53. The molecular weight excluding hydrogens is 408 g/mol. The number of amides is 2. The Morgan fingerprint density at radius 1 is 1.33 bits per heavy atom. The molecule has 0 aliphatic carbocycles. The zero-order chi connectivity index (χ0) is 21.1. The molecule has 2 aliphatic heterocycles. The van der Waals surface area contributed by atoms with Crippen molar-refractivity contribution in [2.45, 2.75) is 18.6 Å². The highest BCUT2D eigenvalue weighted by molar-refractivity contribution is 6.30. The number of ether oxygens (including phenoxy) is 2. The van der Waals surface area contributed by atoms with Gasteiger partial charge in [-0.05, 0) is 23.8 Å². The van der Waals surface area contributed by atoms with Crippen LogP contribution >= 0.6 is 11.6 Å². The van der Waals surface area contributed by atoms with Gasteiger partial charge in [0.15, 0.2) is 10.9 Å². The predicted octanol–water partition coefficient (Wildman–Crippen LogP) is 1.96. The first kappa shape index (κ1) is 20.6. The lowest BCUT2D eigenvalue weighted by Crippen LogP contribution is -2.50. The highest BCUT2D eigenvalue weighted by atomic mass is 35.5. The molecule has 4 rings (SSSR count). The van der Waals surface area contributed by atoms with Crippen LogP contribution in [-0.2, 0) is 14.3 Å². The Balaban J connectivity index is 1.43. The molecule has 0 bridgehead atoms. The van der Waals surface area contributed by atoms with Crippen molar-refractivity contribution in [2.24, 2.45) is 5.92 Å². The van der Waals surface area contributed by atoms with Gasteiger partial charge in [-0.25, -0.2) is 4.98 Å². The fourth-order valence-corrected chi connectivity index (χ4v) is 4.19. The zero-order valence-electron chi connectivity index (χ0n) is 16.6. The summed E-state index contributed by atoms with van der Waals surface area (Å²) in [4.78, 5) is 37.3. The number of morpholine rings is 1. The van der Waals surface area contributed by atoms with Gasteiger partial charge >= 0.3 is 0 Å². The van der Waals surface area contributed by atoms with E-state index in [-0.39, 0.29) is 42.1 Å². The van der Waals surface area contributed by atoms with Crippen LogP contribution in [0.4, 0.5) is 0 Å². The van der Waals surface area contributed by atoms with E-state index >= 15 is 0 Å². The number of hydrogen-bond acceptors (Lipinski definition) is 6. The van der Waals surface area contributed by atoms with E-state index in [2.05, 4.69) is 9.97 Å². The lowest BCUT2D eigenvalue weighted by Gasteiger charge is -2.35. The van der Waals surface area contributed by atoms with E-state index in [9.17, 15) is 9.59 Å². The molecule has 2 aliphatic rings. The molecular formula is C21H23ClN4O4. The minimum Gasteiger partial charge on any atom is -0.488 e. The van der Waals surface area contributed by atoms with Crippen molar-refractivity contribution in [2.75, 3.05) is 33.4 Å². The van der Waals surface area contributed by atoms with Crippen LogP contribution < -0.4 is 4.74 Å². The number of carbonyl (C=O) groups is 2. The summed E-state index contributed by atoms with van der Waals surface area (Å²) in [5.41, 5.74) is 0.864. The normalized spacial score (nSPS) is 24.2. The average molecular weight is 431 g/mol. The largest absolute Gasteiger partial charge is 0.488 e. The Bertz CT molecular complexity index is 913. The summed E-state index contributed by atoms with van der Waals surface area (Å²) in [6.45, 7) is 1.54. The van der Waals surface area contributed by atoms with Crippen LogP contribution in [0.1, 0.15) is 18.0 Å². The summed E-state index contributed by atoms with van der Waals surface area (Å²) in [7, 11) is 1.74. The van der Waals surface area contributed by atoms with Crippen LogP contribution in [0.25, 0.3) is 0 Å². The maximum atomic E-state index is 13.3. The second kappa shape index (κ2) is 8.97. The number of halogens is 1. The van der Waals surface area contributed by atoms with Gasteiger partial charge in [0.25, 0.3) is 0 Å². The number of aromatic nitrogens is 2. The minimum atomic E-state index is -0.445. The minimum absolute atomic E-state index is 0.0402. The Hall–Kier alpha value is -2.71. The maximum Gasteiger partial charge on any atom is 0.228 e. The highest BCUT2D eigenvalue weighted by Gasteiger charge is 2.45. The van der Waals surface area contributed by atoms with E-state index < -0.39 is 5.92 Å². The molecule has 158 valence electrons. The summed E-state index contributed by atoms with van der Waals surface area (Å²) in [6, 6.07) is 6.88. The van der Waals surface area contributed by atoms with Crippen molar-refractivity contribution in [1.82, 2.24) is 19.8 Å². The van der Waals surface area contributed by atoms with Gasteiger partial charge in [-0.3, -0.25) is 14.6 Å². The maximum absolute atomic E-state index is 13.3. The molecule has 0 radical (unpaired) electrons. The SMILES string of the molecule is CN1C(=O)C[C@H](C(=O)N2CCOC(COc3cccnc3Cl)C2)[C@H]1c1cccnc1. The number of hydrogen-bond donors (Lipinski definition) is 0. The number of rotatable bonds is 5. The van der Waals surface area contributed by atoms with Crippen molar-refractivity contribution in [3.05, 3.63) is 53.6 Å². The zero-order valence-corrected chi connectivity index (χ0v) is 17.4. The lowest BCUT2D eigenvalue weighted by atomic mass is 9.93. The molecule has 2 saturated heterocycles. The van der Waals surface area contributed by atoms with Crippen molar-refractivity contribution >= 4 is 23.4 Å². The molecule has 2 amide bonds. The first-order valence-corrected chi connectivity index (χ1v) is 10.2. The Labute approximate surface area is 179 Å². The summed E-state index contributed by atoms with van der Waals surface area (Å²) in [5.74, 6) is -0.0548. The molecule has 2 aromatic rings. The Kier molecular flexibility index (Phi) is 6.15. The molecule has 4 heterocycles. The van der Waals surface area contributed by atoms with Crippen LogP contribution in [-0.4, -0.2) is 71.0 Å². The molecule has 9 heteroatoms. The first-order valence-electron chi connectivity index (χ1n) is 9.84. The fraction of sp³-hybridized carbons (Fsp3) is 0.429. The van der Waals surface area contributed by atoms with E-state index in [0.717, 1.165) is 5.56 Å². The standard InChI is InChI=1S/C21H23ClN4O4/c1-25-18(27)10-16(19(25)14-4-2-6-23-11-14)21(28)26-8-9-29-15(12-26)13-30-17-5-3-7-24-20(17)22/h2-7,11,15-16,19H,8-10,12-13H2,1H3/t15?,16-,19+/m0/s1. The number of pyridine rings is 2. The van der Waals surface area contributed by atoms with Gasteiger partial charge in [-0.15, -0.1) is 0 Å². The summed E-state index contributed by atoms with van der Waals surface area (Å²) in [5, 5.41) is 0.285. The lowest BCUT2D eigenvalue weighted by molar-refractivity contribution is -0.145. The molecule has 0 N–H and O–H groups in total. The van der Waals surface area contributed by atoms with Crippen LogP contribution in [0.15, 0.2) is 42.9 Å². The van der Waals surface area contributed by atoms with Crippen LogP contribution in [0.5, 0.6) is 5.75 Å². The van der Waals surface area contributed by atoms with Gasteiger partial charge in [-0.1, -0.05) is 17.7 Å². The smallest absolute Gasteiger partial charge is 0.228 e. The summed E-state index contributed by atoms with van der Waals surface area (Å²) >= 11 is 6.03. The molecule has 0 saturated carbocycles. The van der Waals surface area contributed by atoms with Crippen LogP contribution in [0, 0.1) is 5.92 Å².